The average molecular weight is 408 g/mol. The molecule has 2 rings (SSSR count). The molecule has 1 amide bonds. The number of hydrogen-bond acceptors (Lipinski definition) is 8. The van der Waals surface area contributed by atoms with Gasteiger partial charge in [-0.3, -0.25) is 23.5 Å². The van der Waals surface area contributed by atoms with Crippen LogP contribution >= 0.6 is 11.3 Å². The number of nitrogen functional groups attached to an aromatic ring is 1. The van der Waals surface area contributed by atoms with Gasteiger partial charge in [0.25, 0.3) is 5.56 Å². The Bertz CT molecular complexity index is 1110. The van der Waals surface area contributed by atoms with Gasteiger partial charge in [-0.2, -0.15) is 0 Å². The Morgan fingerprint density at radius 1 is 1.11 bits per heavy atom. The summed E-state index contributed by atoms with van der Waals surface area (Å²) in [4.78, 5) is 61.1. The number of thiophene rings is 1. The van der Waals surface area contributed by atoms with Gasteiger partial charge in [0.05, 0.1) is 5.56 Å². The summed E-state index contributed by atoms with van der Waals surface area (Å²) >= 11 is 1.21. The van der Waals surface area contributed by atoms with E-state index in [1.54, 1.807) is 13.8 Å². The molecule has 0 atom stereocenters. The summed E-state index contributed by atoms with van der Waals surface area (Å²) in [6.45, 7) is 4.03. The zero-order chi connectivity index (χ0) is 21.3. The largest absolute Gasteiger partial charge is 0.454 e. The molecule has 3 N–H and O–H groups in total. The van der Waals surface area contributed by atoms with Crippen molar-refractivity contribution in [2.24, 2.45) is 14.1 Å². The van der Waals surface area contributed by atoms with Gasteiger partial charge in [-0.1, -0.05) is 0 Å². The molecule has 0 radical (unpaired) electrons. The maximum atomic E-state index is 12.5. The van der Waals surface area contributed by atoms with E-state index in [1.807, 2.05) is 0 Å². The number of nitrogens with zero attached hydrogens (tertiary/aromatic N) is 2. The van der Waals surface area contributed by atoms with Crippen LogP contribution in [0.25, 0.3) is 0 Å². The Morgan fingerprint density at radius 3 is 2.29 bits per heavy atom. The third-order valence-corrected chi connectivity index (χ3v) is 5.32. The van der Waals surface area contributed by atoms with Crippen molar-refractivity contribution in [3.63, 3.8) is 0 Å². The summed E-state index contributed by atoms with van der Waals surface area (Å²) < 4.78 is 6.76. The summed E-state index contributed by atoms with van der Waals surface area (Å²) in [5.74, 6) is -2.32. The normalized spacial score (nSPS) is 10.6. The van der Waals surface area contributed by atoms with Crippen molar-refractivity contribution < 1.29 is 19.1 Å². The first-order valence-corrected chi connectivity index (χ1v) is 8.92. The minimum atomic E-state index is -0.872. The molecular formula is C17H20N4O6S. The predicted molar refractivity (Wildman–Crippen MR) is 104 cm³/mol. The van der Waals surface area contributed by atoms with E-state index in [2.05, 4.69) is 5.32 Å². The molecule has 150 valence electrons. The molecule has 0 aliphatic rings. The van der Waals surface area contributed by atoms with Gasteiger partial charge in [0.15, 0.2) is 6.61 Å². The van der Waals surface area contributed by atoms with Crippen LogP contribution in [0.5, 0.6) is 0 Å². The number of carbonyl (C=O) groups excluding carboxylic acids is 3. The molecule has 10 nitrogen and oxygen atoms in total. The monoisotopic (exact) mass is 408 g/mol. The van der Waals surface area contributed by atoms with Crippen LogP contribution in [0.2, 0.25) is 0 Å². The molecule has 11 heteroatoms. The van der Waals surface area contributed by atoms with Crippen LogP contribution in [-0.4, -0.2) is 33.4 Å². The quantitative estimate of drug-likeness (QED) is 0.536. The van der Waals surface area contributed by atoms with Crippen molar-refractivity contribution in [2.45, 2.75) is 20.8 Å². The van der Waals surface area contributed by atoms with Gasteiger partial charge in [0.1, 0.15) is 16.4 Å². The summed E-state index contributed by atoms with van der Waals surface area (Å²) in [6.07, 6.45) is 0. The number of aromatic nitrogens is 2. The summed E-state index contributed by atoms with van der Waals surface area (Å²) in [6, 6.07) is 0. The van der Waals surface area contributed by atoms with Crippen molar-refractivity contribution >= 4 is 39.8 Å². The highest BCUT2D eigenvalue weighted by Crippen LogP contribution is 2.33. The van der Waals surface area contributed by atoms with Crippen LogP contribution < -0.4 is 22.3 Å². The number of hydrogen-bond donors (Lipinski definition) is 2. The molecular weight excluding hydrogens is 388 g/mol. The van der Waals surface area contributed by atoms with Crippen LogP contribution in [0, 0.1) is 13.8 Å². The fraction of sp³-hybridized carbons (Fsp3) is 0.353. The maximum Gasteiger partial charge on any atom is 0.341 e. The number of carbonyl (C=O) groups is 3. The molecule has 0 saturated carbocycles. The second-order valence-corrected chi connectivity index (χ2v) is 7.36. The Balaban J connectivity index is 2.30. The van der Waals surface area contributed by atoms with Gasteiger partial charge < -0.3 is 15.8 Å². The highest BCUT2D eigenvalue weighted by atomic mass is 32.1. The highest BCUT2D eigenvalue weighted by Gasteiger charge is 2.25. The SMILES string of the molecule is CC(=O)Nc1sc(C)c(C)c1C(=O)OCC(=O)c1c(N)n(C)c(=O)n(C)c1=O. The van der Waals surface area contributed by atoms with E-state index in [1.165, 1.54) is 32.4 Å². The molecule has 0 aliphatic carbocycles. The second kappa shape index (κ2) is 7.80. The third-order valence-electron chi connectivity index (χ3n) is 4.20. The maximum absolute atomic E-state index is 12.5. The van der Waals surface area contributed by atoms with Crippen molar-refractivity contribution in [3.05, 3.63) is 42.4 Å². The minimum absolute atomic E-state index is 0.145. The van der Waals surface area contributed by atoms with Crippen molar-refractivity contribution in [1.82, 2.24) is 9.13 Å². The second-order valence-electron chi connectivity index (χ2n) is 6.13. The first-order valence-electron chi connectivity index (χ1n) is 8.10. The van der Waals surface area contributed by atoms with Gasteiger partial charge in [0, 0.05) is 25.9 Å². The number of esters is 1. The van der Waals surface area contributed by atoms with Gasteiger partial charge in [-0.25, -0.2) is 9.59 Å². The first kappa shape index (κ1) is 21.1. The topological polar surface area (TPSA) is 142 Å². The molecule has 0 saturated heterocycles. The lowest BCUT2D eigenvalue weighted by Gasteiger charge is -2.11. The molecule has 0 aliphatic heterocycles. The van der Waals surface area contributed by atoms with Crippen molar-refractivity contribution in [2.75, 3.05) is 17.7 Å². The highest BCUT2D eigenvalue weighted by molar-refractivity contribution is 7.16. The minimum Gasteiger partial charge on any atom is -0.454 e. The third kappa shape index (κ3) is 3.74. The molecule has 2 aromatic heterocycles. The molecule has 0 bridgehead atoms. The van der Waals surface area contributed by atoms with Gasteiger partial charge in [0.2, 0.25) is 11.7 Å². The van der Waals surface area contributed by atoms with E-state index >= 15 is 0 Å². The van der Waals surface area contributed by atoms with E-state index in [9.17, 15) is 24.0 Å². The predicted octanol–water partition coefficient (Wildman–Crippen LogP) is 0.343. The van der Waals surface area contributed by atoms with E-state index < -0.39 is 35.2 Å². The average Bonchev–Trinajstić information content (AvgIpc) is 2.89. The molecule has 2 aromatic rings. The number of Topliss-reactive ketones (excluding diaryl/α,β-unsaturated/α-hetero) is 1. The molecule has 0 spiro atoms. The molecule has 2 heterocycles. The van der Waals surface area contributed by atoms with E-state index in [0.717, 1.165) is 14.0 Å². The fourth-order valence-electron chi connectivity index (χ4n) is 2.52. The number of nitrogens with two attached hydrogens (primary N) is 1. The number of amides is 1. The summed E-state index contributed by atoms with van der Waals surface area (Å²) in [5, 5.41) is 2.87. The smallest absolute Gasteiger partial charge is 0.341 e. The molecule has 0 aromatic carbocycles. The Morgan fingerprint density at radius 2 is 1.71 bits per heavy atom. The van der Waals surface area contributed by atoms with Crippen LogP contribution in [-0.2, 0) is 23.6 Å². The standard InChI is InChI=1S/C17H20N4O6S/c1-7-8(2)28-14(19-9(3)22)11(7)16(25)27-6-10(23)12-13(18)20(4)17(26)21(5)15(12)24/h6,18H2,1-5H3,(H,19,22). The lowest BCUT2D eigenvalue weighted by molar-refractivity contribution is -0.114. The Hall–Kier alpha value is -3.21. The number of rotatable bonds is 5. The lowest BCUT2D eigenvalue weighted by atomic mass is 10.1. The van der Waals surface area contributed by atoms with Crippen LogP contribution in [0.3, 0.4) is 0 Å². The van der Waals surface area contributed by atoms with Crippen molar-refractivity contribution in [3.8, 4) is 0 Å². The molecule has 0 fully saturated rings. The zero-order valence-electron chi connectivity index (χ0n) is 16.0. The van der Waals surface area contributed by atoms with Crippen molar-refractivity contribution in [1.29, 1.82) is 0 Å². The first-order chi connectivity index (χ1) is 13.0. The number of nitrogens with one attached hydrogen (secondary N) is 1. The van der Waals surface area contributed by atoms with E-state index in [-0.39, 0.29) is 17.3 Å². The Labute approximate surface area is 163 Å². The molecule has 0 unspecified atom stereocenters. The summed E-state index contributed by atoms with van der Waals surface area (Å²) in [5.41, 5.74) is 4.50. The van der Waals surface area contributed by atoms with E-state index in [0.29, 0.717) is 10.6 Å². The van der Waals surface area contributed by atoms with E-state index in [4.69, 9.17) is 10.5 Å². The van der Waals surface area contributed by atoms with Gasteiger partial charge in [-0.15, -0.1) is 11.3 Å². The zero-order valence-corrected chi connectivity index (χ0v) is 16.9. The molecule has 28 heavy (non-hydrogen) atoms. The summed E-state index contributed by atoms with van der Waals surface area (Å²) in [7, 11) is 2.53. The van der Waals surface area contributed by atoms with Crippen LogP contribution in [0.15, 0.2) is 9.59 Å². The lowest BCUT2D eigenvalue weighted by Crippen LogP contribution is -2.42. The van der Waals surface area contributed by atoms with Crippen LogP contribution in [0.4, 0.5) is 10.8 Å². The number of anilines is 2. The number of ketones is 1. The van der Waals surface area contributed by atoms with Gasteiger partial charge in [-0.05, 0) is 19.4 Å². The fourth-order valence-corrected chi connectivity index (χ4v) is 3.61. The number of aryl methyl sites for hydroxylation is 1. The van der Waals surface area contributed by atoms with Crippen LogP contribution in [0.1, 0.15) is 38.1 Å². The van der Waals surface area contributed by atoms with Gasteiger partial charge >= 0.3 is 11.7 Å². The number of ether oxygens (including phenoxy) is 1. The Kier molecular flexibility index (Phi) is 5.88.